The van der Waals surface area contributed by atoms with Crippen LogP contribution in [0.25, 0.3) is 22.0 Å². The van der Waals surface area contributed by atoms with Crippen molar-refractivity contribution in [1.29, 1.82) is 0 Å². The second kappa shape index (κ2) is 9.36. The van der Waals surface area contributed by atoms with Crippen LogP contribution in [0.4, 0.5) is 0 Å². The maximum absolute atomic E-state index is 13.1. The Labute approximate surface area is 200 Å². The Morgan fingerprint density at radius 2 is 1.65 bits per heavy atom. The van der Waals surface area contributed by atoms with Crippen molar-refractivity contribution in [1.82, 2.24) is 15.0 Å². The number of nitrogens with zero attached hydrogens (tertiary/aromatic N) is 3. The highest BCUT2D eigenvalue weighted by Gasteiger charge is 2.34. The Kier molecular flexibility index (Phi) is 6.49. The summed E-state index contributed by atoms with van der Waals surface area (Å²) in [6.45, 7) is 1.61. The molecule has 174 valence electrons. The molecule has 4 aromatic rings. The predicted octanol–water partition coefficient (Wildman–Crippen LogP) is 3.74. The van der Waals surface area contributed by atoms with Crippen LogP contribution in [0, 0.1) is 6.92 Å². The highest BCUT2D eigenvalue weighted by Crippen LogP contribution is 2.25. The molecule has 0 aliphatic heterocycles. The Morgan fingerprint density at radius 1 is 1.03 bits per heavy atom. The van der Waals surface area contributed by atoms with Crippen molar-refractivity contribution in [2.24, 2.45) is 0 Å². The molecule has 4 rings (SSSR count). The summed E-state index contributed by atoms with van der Waals surface area (Å²) >= 11 is 5.90. The Balaban J connectivity index is 1.59. The van der Waals surface area contributed by atoms with E-state index in [1.54, 1.807) is 54.6 Å². The van der Waals surface area contributed by atoms with E-state index in [1.165, 1.54) is 12.1 Å². The van der Waals surface area contributed by atoms with Gasteiger partial charge in [-0.1, -0.05) is 52.7 Å². The molecule has 3 aromatic carbocycles. The molecule has 1 atom stereocenters. The summed E-state index contributed by atoms with van der Waals surface area (Å²) in [6, 6.07) is 18.1. The quantitative estimate of drug-likeness (QED) is 0.413. The smallest absolute Gasteiger partial charge is 0.322 e. The monoisotopic (exact) mass is 497 g/mol. The van der Waals surface area contributed by atoms with Gasteiger partial charge in [0.1, 0.15) is 5.52 Å². The van der Waals surface area contributed by atoms with Gasteiger partial charge in [0, 0.05) is 11.6 Å². The molecule has 0 bridgehead atoms. The summed E-state index contributed by atoms with van der Waals surface area (Å²) < 4.78 is 27.2. The van der Waals surface area contributed by atoms with E-state index in [4.69, 9.17) is 11.6 Å². The average molecular weight is 498 g/mol. The number of halogens is 1. The van der Waals surface area contributed by atoms with Gasteiger partial charge in [-0.05, 0) is 60.9 Å². The summed E-state index contributed by atoms with van der Waals surface area (Å²) in [4.78, 5) is 24.5. The van der Waals surface area contributed by atoms with Gasteiger partial charge < -0.3 is 5.11 Å². The van der Waals surface area contributed by atoms with E-state index in [1.807, 2.05) is 6.92 Å². The van der Waals surface area contributed by atoms with Crippen molar-refractivity contribution < 1.29 is 18.3 Å². The minimum absolute atomic E-state index is 0.120. The maximum Gasteiger partial charge on any atom is 0.322 e. The normalized spacial score (nSPS) is 12.5. The first kappa shape index (κ1) is 23.6. The van der Waals surface area contributed by atoms with E-state index in [0.717, 1.165) is 21.4 Å². The lowest BCUT2D eigenvalue weighted by atomic mass is 10.1. The zero-order valence-electron chi connectivity index (χ0n) is 18.1. The number of carbonyl (C=O) groups is 1. The van der Waals surface area contributed by atoms with Gasteiger partial charge in [-0.2, -0.15) is 0 Å². The molecule has 0 radical (unpaired) electrons. The van der Waals surface area contributed by atoms with Crippen LogP contribution in [0.2, 0.25) is 5.02 Å². The number of rotatable bonds is 7. The Hall–Kier alpha value is -3.56. The van der Waals surface area contributed by atoms with E-state index < -0.39 is 26.6 Å². The molecule has 0 aliphatic carbocycles. The zero-order chi connectivity index (χ0) is 24.5. The molecule has 0 aliphatic rings. The largest absolute Gasteiger partial charge is 0.480 e. The first-order chi connectivity index (χ1) is 16.2. The second-order valence-corrected chi connectivity index (χ2v) is 10.4. The summed E-state index contributed by atoms with van der Waals surface area (Å²) in [6.07, 6.45) is -0.345. The minimum Gasteiger partial charge on any atom is -0.480 e. The van der Waals surface area contributed by atoms with E-state index in [2.05, 4.69) is 10.3 Å². The molecule has 34 heavy (non-hydrogen) atoms. The SMILES string of the molecule is Cc1ccc2nnn(CCC(C(=O)O)S(=O)(=O)c3ccc(-c4ccc(Cl)cc4)cc3)c(=O)c2c1. The van der Waals surface area contributed by atoms with Crippen molar-refractivity contribution in [3.8, 4) is 11.1 Å². The fraction of sp³-hybridized carbons (Fsp3) is 0.167. The number of carboxylic acids is 1. The molecule has 8 nitrogen and oxygen atoms in total. The van der Waals surface area contributed by atoms with Gasteiger partial charge >= 0.3 is 5.97 Å². The first-order valence-corrected chi connectivity index (χ1v) is 12.3. The first-order valence-electron chi connectivity index (χ1n) is 10.3. The van der Waals surface area contributed by atoms with E-state index in [-0.39, 0.29) is 17.9 Å². The van der Waals surface area contributed by atoms with Gasteiger partial charge in [-0.15, -0.1) is 5.10 Å². The number of benzene rings is 3. The van der Waals surface area contributed by atoms with E-state index in [9.17, 15) is 23.1 Å². The molecule has 1 N–H and O–H groups in total. The van der Waals surface area contributed by atoms with Gasteiger partial charge in [-0.25, -0.2) is 13.1 Å². The number of carboxylic acid groups (broad SMARTS) is 1. The van der Waals surface area contributed by atoms with Gasteiger partial charge in [0.2, 0.25) is 0 Å². The molecular weight excluding hydrogens is 478 g/mol. The van der Waals surface area contributed by atoms with Gasteiger partial charge in [0.15, 0.2) is 15.1 Å². The molecule has 0 saturated heterocycles. The van der Waals surface area contributed by atoms with Crippen LogP contribution in [0.5, 0.6) is 0 Å². The van der Waals surface area contributed by atoms with Crippen LogP contribution >= 0.6 is 11.6 Å². The molecule has 0 amide bonds. The predicted molar refractivity (Wildman–Crippen MR) is 129 cm³/mol. The zero-order valence-corrected chi connectivity index (χ0v) is 19.6. The van der Waals surface area contributed by atoms with Crippen molar-refractivity contribution >= 4 is 38.3 Å². The van der Waals surface area contributed by atoms with E-state index >= 15 is 0 Å². The molecule has 0 spiro atoms. The topological polar surface area (TPSA) is 119 Å². The molecule has 0 saturated carbocycles. The number of sulfone groups is 1. The van der Waals surface area contributed by atoms with Crippen LogP contribution in [-0.2, 0) is 21.2 Å². The van der Waals surface area contributed by atoms with Gasteiger partial charge in [0.25, 0.3) is 5.56 Å². The van der Waals surface area contributed by atoms with Crippen LogP contribution in [0.15, 0.2) is 76.4 Å². The minimum atomic E-state index is -4.22. The van der Waals surface area contributed by atoms with Crippen molar-refractivity contribution in [2.75, 3.05) is 0 Å². The Bertz CT molecular complexity index is 1530. The van der Waals surface area contributed by atoms with Crippen LogP contribution in [0.1, 0.15) is 12.0 Å². The van der Waals surface area contributed by atoms with Crippen LogP contribution in [0.3, 0.4) is 0 Å². The van der Waals surface area contributed by atoms with Gasteiger partial charge in [-0.3, -0.25) is 9.59 Å². The fourth-order valence-corrected chi connectivity index (χ4v) is 5.28. The number of hydrogen-bond acceptors (Lipinski definition) is 6. The highest BCUT2D eigenvalue weighted by atomic mass is 35.5. The average Bonchev–Trinajstić information content (AvgIpc) is 2.81. The molecule has 10 heteroatoms. The number of aliphatic carboxylic acids is 1. The molecule has 1 heterocycles. The number of fused-ring (bicyclic) bond motifs is 1. The van der Waals surface area contributed by atoms with Crippen LogP contribution in [-0.4, -0.2) is 39.7 Å². The fourth-order valence-electron chi connectivity index (χ4n) is 3.63. The summed E-state index contributed by atoms with van der Waals surface area (Å²) in [5.41, 5.74) is 2.41. The summed E-state index contributed by atoms with van der Waals surface area (Å²) in [5, 5.41) is 16.6. The third kappa shape index (κ3) is 4.71. The summed E-state index contributed by atoms with van der Waals surface area (Å²) in [5.74, 6) is -1.50. The summed E-state index contributed by atoms with van der Waals surface area (Å²) in [7, 11) is -4.22. The standard InChI is InChI=1S/C24H20ClN3O5S/c1-15-2-11-21-20(14-15)23(29)28(27-26-21)13-12-22(24(30)31)34(32,33)19-9-5-17(6-10-19)16-3-7-18(25)8-4-16/h2-11,14,22H,12-13H2,1H3,(H,30,31). The molecule has 0 fully saturated rings. The number of hydrogen-bond donors (Lipinski definition) is 1. The third-order valence-corrected chi connectivity index (χ3v) is 7.86. The lowest BCUT2D eigenvalue weighted by Gasteiger charge is -2.14. The highest BCUT2D eigenvalue weighted by molar-refractivity contribution is 7.92. The van der Waals surface area contributed by atoms with Crippen molar-refractivity contribution in [3.63, 3.8) is 0 Å². The lowest BCUT2D eigenvalue weighted by Crippen LogP contribution is -2.34. The molecular formula is C24H20ClN3O5S. The maximum atomic E-state index is 13.1. The molecule has 1 aromatic heterocycles. The van der Waals surface area contributed by atoms with E-state index in [0.29, 0.717) is 15.9 Å². The van der Waals surface area contributed by atoms with Crippen molar-refractivity contribution in [2.45, 2.75) is 30.0 Å². The van der Waals surface area contributed by atoms with Crippen LogP contribution < -0.4 is 5.56 Å². The Morgan fingerprint density at radius 3 is 2.26 bits per heavy atom. The second-order valence-electron chi connectivity index (χ2n) is 7.83. The lowest BCUT2D eigenvalue weighted by molar-refractivity contribution is -0.136. The number of aryl methyl sites for hydroxylation is 2. The van der Waals surface area contributed by atoms with Gasteiger partial charge in [0.05, 0.1) is 10.3 Å². The number of aromatic nitrogens is 3. The molecule has 1 unspecified atom stereocenters. The third-order valence-electron chi connectivity index (χ3n) is 5.49. The van der Waals surface area contributed by atoms with Crippen molar-refractivity contribution in [3.05, 3.63) is 87.7 Å².